The number of hydrogen-bond donors (Lipinski definition) is 0. The van der Waals surface area contributed by atoms with Gasteiger partial charge in [-0.15, -0.1) is 0 Å². The smallest absolute Gasteiger partial charge is 0.228 e. The van der Waals surface area contributed by atoms with E-state index >= 15 is 0 Å². The molecule has 0 bridgehead atoms. The molecule has 2 rings (SSSR count). The second-order valence-electron chi connectivity index (χ2n) is 5.02. The summed E-state index contributed by atoms with van der Waals surface area (Å²) in [5.41, 5.74) is 3.85. The molecule has 4 heteroatoms. The van der Waals surface area contributed by atoms with Crippen molar-refractivity contribution in [2.45, 2.75) is 26.8 Å². The number of hydrogen-bond acceptors (Lipinski definition) is 3. The molecule has 2 aromatic rings. The highest BCUT2D eigenvalue weighted by Crippen LogP contribution is 2.08. The number of aryl methyl sites for hydroxylation is 2. The Kier molecular flexibility index (Phi) is 4.45. The van der Waals surface area contributed by atoms with Crippen molar-refractivity contribution >= 4 is 5.91 Å². The summed E-state index contributed by atoms with van der Waals surface area (Å²) in [7, 11) is 1.80. The van der Waals surface area contributed by atoms with Gasteiger partial charge in [-0.1, -0.05) is 6.07 Å². The molecule has 0 unspecified atom stereocenters. The molecular formula is C16H19N3O. The molecule has 0 saturated heterocycles. The lowest BCUT2D eigenvalue weighted by atomic mass is 10.2. The molecule has 2 heterocycles. The van der Waals surface area contributed by atoms with Crippen molar-refractivity contribution in [1.82, 2.24) is 14.9 Å². The van der Waals surface area contributed by atoms with E-state index in [0.717, 1.165) is 22.6 Å². The van der Waals surface area contributed by atoms with E-state index in [9.17, 15) is 4.79 Å². The molecule has 0 atom stereocenters. The predicted molar refractivity (Wildman–Crippen MR) is 78.1 cm³/mol. The fourth-order valence-electron chi connectivity index (χ4n) is 2.13. The van der Waals surface area contributed by atoms with Crippen LogP contribution in [-0.4, -0.2) is 27.8 Å². The molecule has 0 fully saturated rings. The van der Waals surface area contributed by atoms with Crippen molar-refractivity contribution in [1.29, 1.82) is 0 Å². The van der Waals surface area contributed by atoms with E-state index in [0.29, 0.717) is 13.0 Å². The zero-order chi connectivity index (χ0) is 14.5. The third kappa shape index (κ3) is 3.88. The number of carbonyl (C=O) groups is 1. The van der Waals surface area contributed by atoms with Crippen LogP contribution >= 0.6 is 0 Å². The summed E-state index contributed by atoms with van der Waals surface area (Å²) in [5.74, 6) is 0.0460. The van der Waals surface area contributed by atoms with Crippen LogP contribution < -0.4 is 0 Å². The van der Waals surface area contributed by atoms with Crippen LogP contribution in [0.4, 0.5) is 0 Å². The second kappa shape index (κ2) is 6.28. The highest BCUT2D eigenvalue weighted by Gasteiger charge is 2.11. The second-order valence-corrected chi connectivity index (χ2v) is 5.02. The van der Waals surface area contributed by atoms with Crippen LogP contribution in [-0.2, 0) is 17.8 Å². The number of likely N-dealkylation sites (N-methyl/N-ethyl adjacent to an activating group) is 1. The minimum atomic E-state index is 0.0460. The van der Waals surface area contributed by atoms with Gasteiger partial charge in [0.25, 0.3) is 0 Å². The molecule has 0 aromatic carbocycles. The van der Waals surface area contributed by atoms with Gasteiger partial charge in [0.15, 0.2) is 0 Å². The molecule has 0 aliphatic heterocycles. The number of nitrogens with zero attached hydrogens (tertiary/aromatic N) is 3. The first kappa shape index (κ1) is 14.2. The molecule has 0 aliphatic carbocycles. The standard InChI is InChI=1S/C16H19N3O/c1-12-8-13(2)18-15(9-12)11-19(3)16(20)10-14-6-4-5-7-17-14/h4-9H,10-11H2,1-3H3. The quantitative estimate of drug-likeness (QED) is 0.855. The Balaban J connectivity index is 2.00. The average molecular weight is 269 g/mol. The first-order valence-corrected chi connectivity index (χ1v) is 6.62. The van der Waals surface area contributed by atoms with Gasteiger partial charge in [0.1, 0.15) is 0 Å². The van der Waals surface area contributed by atoms with E-state index in [1.165, 1.54) is 0 Å². The van der Waals surface area contributed by atoms with E-state index in [-0.39, 0.29) is 5.91 Å². The lowest BCUT2D eigenvalue weighted by Crippen LogP contribution is -2.28. The Morgan fingerprint density at radius 3 is 2.65 bits per heavy atom. The Morgan fingerprint density at radius 2 is 2.00 bits per heavy atom. The van der Waals surface area contributed by atoms with Crippen LogP contribution in [0.1, 0.15) is 22.6 Å². The summed E-state index contributed by atoms with van der Waals surface area (Å²) in [6.07, 6.45) is 2.02. The number of carbonyl (C=O) groups excluding carboxylic acids is 1. The number of aromatic nitrogens is 2. The third-order valence-corrected chi connectivity index (χ3v) is 3.03. The van der Waals surface area contributed by atoms with Gasteiger partial charge in [0, 0.05) is 24.6 Å². The molecule has 0 N–H and O–H groups in total. The van der Waals surface area contributed by atoms with Crippen molar-refractivity contribution in [3.8, 4) is 0 Å². The Bertz CT molecular complexity index is 576. The molecule has 2 aromatic heterocycles. The topological polar surface area (TPSA) is 46.1 Å². The lowest BCUT2D eigenvalue weighted by Gasteiger charge is -2.17. The highest BCUT2D eigenvalue weighted by atomic mass is 16.2. The zero-order valence-electron chi connectivity index (χ0n) is 12.1. The predicted octanol–water partition coefficient (Wildman–Crippen LogP) is 2.29. The minimum absolute atomic E-state index is 0.0460. The Hall–Kier alpha value is -2.23. The normalized spacial score (nSPS) is 10.3. The van der Waals surface area contributed by atoms with E-state index in [1.807, 2.05) is 44.2 Å². The molecule has 1 amide bonds. The highest BCUT2D eigenvalue weighted by molar-refractivity contribution is 5.78. The maximum absolute atomic E-state index is 12.1. The van der Waals surface area contributed by atoms with Crippen LogP contribution in [0, 0.1) is 13.8 Å². The van der Waals surface area contributed by atoms with Crippen molar-refractivity contribution < 1.29 is 4.79 Å². The van der Waals surface area contributed by atoms with E-state index in [2.05, 4.69) is 9.97 Å². The molecule has 0 spiro atoms. The monoisotopic (exact) mass is 269 g/mol. The minimum Gasteiger partial charge on any atom is -0.340 e. The Morgan fingerprint density at radius 1 is 1.20 bits per heavy atom. The van der Waals surface area contributed by atoms with Gasteiger partial charge in [-0.05, 0) is 43.7 Å². The van der Waals surface area contributed by atoms with Gasteiger partial charge in [-0.25, -0.2) is 0 Å². The van der Waals surface area contributed by atoms with Gasteiger partial charge in [-0.3, -0.25) is 14.8 Å². The number of rotatable bonds is 4. The number of amides is 1. The molecule has 104 valence electrons. The van der Waals surface area contributed by atoms with Crippen molar-refractivity contribution in [2.75, 3.05) is 7.05 Å². The summed E-state index contributed by atoms with van der Waals surface area (Å²) >= 11 is 0. The first-order valence-electron chi connectivity index (χ1n) is 6.62. The van der Waals surface area contributed by atoms with E-state index in [1.54, 1.807) is 18.1 Å². The molecule has 0 radical (unpaired) electrons. The van der Waals surface area contributed by atoms with Crippen LogP contribution in [0.2, 0.25) is 0 Å². The van der Waals surface area contributed by atoms with Gasteiger partial charge >= 0.3 is 0 Å². The SMILES string of the molecule is Cc1cc(C)nc(CN(C)C(=O)Cc2ccccn2)c1. The zero-order valence-corrected chi connectivity index (χ0v) is 12.1. The molecule has 0 aliphatic rings. The number of pyridine rings is 2. The maximum atomic E-state index is 12.1. The largest absolute Gasteiger partial charge is 0.340 e. The third-order valence-electron chi connectivity index (χ3n) is 3.03. The van der Waals surface area contributed by atoms with E-state index in [4.69, 9.17) is 0 Å². The van der Waals surface area contributed by atoms with Gasteiger partial charge in [0.05, 0.1) is 18.7 Å². The molecule has 0 saturated carbocycles. The van der Waals surface area contributed by atoms with Crippen molar-refractivity contribution in [2.24, 2.45) is 0 Å². The van der Waals surface area contributed by atoms with Crippen molar-refractivity contribution in [3.05, 3.63) is 59.2 Å². The van der Waals surface area contributed by atoms with Gasteiger partial charge < -0.3 is 4.90 Å². The fraction of sp³-hybridized carbons (Fsp3) is 0.312. The average Bonchev–Trinajstić information content (AvgIpc) is 2.38. The van der Waals surface area contributed by atoms with Gasteiger partial charge in [-0.2, -0.15) is 0 Å². The maximum Gasteiger partial charge on any atom is 0.228 e. The van der Waals surface area contributed by atoms with Crippen LogP contribution in [0.5, 0.6) is 0 Å². The van der Waals surface area contributed by atoms with Crippen molar-refractivity contribution in [3.63, 3.8) is 0 Å². The first-order chi connectivity index (χ1) is 9.54. The summed E-state index contributed by atoms with van der Waals surface area (Å²) < 4.78 is 0. The molecular weight excluding hydrogens is 250 g/mol. The molecule has 20 heavy (non-hydrogen) atoms. The van der Waals surface area contributed by atoms with E-state index < -0.39 is 0 Å². The van der Waals surface area contributed by atoms with Gasteiger partial charge in [0.2, 0.25) is 5.91 Å². The van der Waals surface area contributed by atoms with Crippen LogP contribution in [0.3, 0.4) is 0 Å². The fourth-order valence-corrected chi connectivity index (χ4v) is 2.13. The lowest BCUT2D eigenvalue weighted by molar-refractivity contribution is -0.129. The summed E-state index contributed by atoms with van der Waals surface area (Å²) in [4.78, 5) is 22.5. The summed E-state index contributed by atoms with van der Waals surface area (Å²) in [6.45, 7) is 4.52. The summed E-state index contributed by atoms with van der Waals surface area (Å²) in [5, 5.41) is 0. The van der Waals surface area contributed by atoms with Crippen LogP contribution in [0.15, 0.2) is 36.5 Å². The molecule has 4 nitrogen and oxygen atoms in total. The summed E-state index contributed by atoms with van der Waals surface area (Å²) in [6, 6.07) is 9.63. The van der Waals surface area contributed by atoms with Crippen LogP contribution in [0.25, 0.3) is 0 Å². The Labute approximate surface area is 119 Å².